The number of halogens is 1. The smallest absolute Gasteiger partial charge is 0.309 e. The highest BCUT2D eigenvalue weighted by Gasteiger charge is 2.30. The Morgan fingerprint density at radius 2 is 1.76 bits per heavy atom. The number of rotatable bonds is 5. The second-order valence-corrected chi connectivity index (χ2v) is 9.81. The summed E-state index contributed by atoms with van der Waals surface area (Å²) in [7, 11) is -3.23. The van der Waals surface area contributed by atoms with E-state index < -0.39 is 16.0 Å². The van der Waals surface area contributed by atoms with Crippen molar-refractivity contribution >= 4 is 39.2 Å². The Morgan fingerprint density at radius 1 is 1.10 bits per heavy atom. The van der Waals surface area contributed by atoms with Crippen molar-refractivity contribution in [1.82, 2.24) is 9.21 Å². The van der Waals surface area contributed by atoms with Crippen molar-refractivity contribution in [2.75, 3.05) is 57.0 Å². The molecule has 1 aromatic rings. The van der Waals surface area contributed by atoms with Crippen molar-refractivity contribution in [2.45, 2.75) is 12.8 Å². The van der Waals surface area contributed by atoms with Gasteiger partial charge in [-0.3, -0.25) is 9.59 Å². The molecule has 3 rings (SSSR count). The van der Waals surface area contributed by atoms with Crippen LogP contribution < -0.4 is 4.90 Å². The predicted octanol–water partition coefficient (Wildman–Crippen LogP) is 1.20. The molecule has 0 bridgehead atoms. The molecule has 29 heavy (non-hydrogen) atoms. The van der Waals surface area contributed by atoms with Crippen LogP contribution in [0.15, 0.2) is 24.3 Å². The van der Waals surface area contributed by atoms with Crippen molar-refractivity contribution in [3.8, 4) is 0 Å². The summed E-state index contributed by atoms with van der Waals surface area (Å²) in [5, 5.41) is 0.676. The van der Waals surface area contributed by atoms with Gasteiger partial charge in [0.05, 0.1) is 12.2 Å². The van der Waals surface area contributed by atoms with Gasteiger partial charge >= 0.3 is 5.97 Å². The third-order valence-electron chi connectivity index (χ3n) is 5.40. The number of hydrogen-bond acceptors (Lipinski definition) is 6. The minimum atomic E-state index is -3.23. The van der Waals surface area contributed by atoms with E-state index in [2.05, 4.69) is 4.90 Å². The zero-order chi connectivity index (χ0) is 21.0. The maximum Gasteiger partial charge on any atom is 0.309 e. The molecule has 0 N–H and O–H groups in total. The van der Waals surface area contributed by atoms with Gasteiger partial charge in [-0.15, -0.1) is 0 Å². The number of ether oxygens (including phenoxy) is 1. The van der Waals surface area contributed by atoms with Crippen LogP contribution in [0.4, 0.5) is 5.69 Å². The minimum Gasteiger partial charge on any atom is -0.455 e. The molecule has 2 aliphatic heterocycles. The molecule has 0 aliphatic carbocycles. The van der Waals surface area contributed by atoms with Crippen LogP contribution in [0.3, 0.4) is 0 Å². The van der Waals surface area contributed by atoms with Crippen LogP contribution in [0.2, 0.25) is 5.02 Å². The molecule has 2 aliphatic rings. The van der Waals surface area contributed by atoms with Crippen LogP contribution >= 0.6 is 11.6 Å². The summed E-state index contributed by atoms with van der Waals surface area (Å²) in [6.07, 6.45) is 1.99. The largest absolute Gasteiger partial charge is 0.455 e. The van der Waals surface area contributed by atoms with Crippen molar-refractivity contribution in [2.24, 2.45) is 5.92 Å². The first-order chi connectivity index (χ1) is 13.7. The first kappa shape index (κ1) is 21.9. The van der Waals surface area contributed by atoms with E-state index in [4.69, 9.17) is 16.3 Å². The van der Waals surface area contributed by atoms with Crippen LogP contribution in [0.1, 0.15) is 12.8 Å². The Kier molecular flexibility index (Phi) is 7.02. The minimum absolute atomic E-state index is 0.210. The molecule has 0 unspecified atom stereocenters. The maximum atomic E-state index is 12.4. The molecule has 0 radical (unpaired) electrons. The predicted molar refractivity (Wildman–Crippen MR) is 110 cm³/mol. The molecule has 2 fully saturated rings. The van der Waals surface area contributed by atoms with E-state index in [1.165, 1.54) is 4.31 Å². The van der Waals surface area contributed by atoms with Gasteiger partial charge < -0.3 is 14.5 Å². The number of anilines is 1. The highest BCUT2D eigenvalue weighted by molar-refractivity contribution is 7.88. The lowest BCUT2D eigenvalue weighted by atomic mass is 9.98. The van der Waals surface area contributed by atoms with E-state index in [-0.39, 0.29) is 18.4 Å². The highest BCUT2D eigenvalue weighted by Crippen LogP contribution is 2.22. The van der Waals surface area contributed by atoms with Gasteiger partial charge in [0.25, 0.3) is 5.91 Å². The van der Waals surface area contributed by atoms with E-state index in [0.29, 0.717) is 57.1 Å². The number of sulfonamides is 1. The third-order valence-corrected chi connectivity index (χ3v) is 6.94. The van der Waals surface area contributed by atoms with Crippen LogP contribution in [0.5, 0.6) is 0 Å². The molecule has 160 valence electrons. The van der Waals surface area contributed by atoms with Crippen LogP contribution in [0.25, 0.3) is 0 Å². The topological polar surface area (TPSA) is 87.2 Å². The Labute approximate surface area is 176 Å². The second-order valence-electron chi connectivity index (χ2n) is 7.39. The van der Waals surface area contributed by atoms with Crippen LogP contribution in [-0.4, -0.2) is 81.6 Å². The summed E-state index contributed by atoms with van der Waals surface area (Å²) >= 11 is 6.04. The normalized spacial score (nSPS) is 19.2. The zero-order valence-corrected chi connectivity index (χ0v) is 18.0. The molecule has 0 saturated carbocycles. The van der Waals surface area contributed by atoms with Gasteiger partial charge in [0.15, 0.2) is 6.61 Å². The number of piperazine rings is 1. The van der Waals surface area contributed by atoms with Gasteiger partial charge in [0.1, 0.15) is 0 Å². The molecule has 2 saturated heterocycles. The van der Waals surface area contributed by atoms with E-state index in [1.807, 2.05) is 24.3 Å². The van der Waals surface area contributed by atoms with E-state index in [9.17, 15) is 18.0 Å². The molecule has 1 amide bonds. The van der Waals surface area contributed by atoms with Gasteiger partial charge in [-0.05, 0) is 31.0 Å². The van der Waals surface area contributed by atoms with Crippen LogP contribution in [0, 0.1) is 5.92 Å². The Hall–Kier alpha value is -1.84. The molecule has 0 atom stereocenters. The second kappa shape index (κ2) is 9.32. The van der Waals surface area contributed by atoms with Gasteiger partial charge in [-0.1, -0.05) is 17.7 Å². The van der Waals surface area contributed by atoms with E-state index in [0.717, 1.165) is 11.9 Å². The van der Waals surface area contributed by atoms with Crippen LogP contribution in [-0.2, 0) is 24.3 Å². The van der Waals surface area contributed by atoms with Gasteiger partial charge in [-0.25, -0.2) is 12.7 Å². The quantitative estimate of drug-likeness (QED) is 0.635. The molecule has 10 heteroatoms. The summed E-state index contributed by atoms with van der Waals surface area (Å²) in [5.74, 6) is -0.998. The van der Waals surface area contributed by atoms with Crippen molar-refractivity contribution in [1.29, 1.82) is 0 Å². The molecule has 0 spiro atoms. The third kappa shape index (κ3) is 5.83. The van der Waals surface area contributed by atoms with Gasteiger partial charge in [0, 0.05) is 50.0 Å². The number of esters is 1. The van der Waals surface area contributed by atoms with Crippen molar-refractivity contribution in [3.05, 3.63) is 29.3 Å². The number of nitrogens with zero attached hydrogens (tertiary/aromatic N) is 3. The lowest BCUT2D eigenvalue weighted by Crippen LogP contribution is -2.50. The molecular formula is C19H26ClN3O5S. The average molecular weight is 444 g/mol. The maximum absolute atomic E-state index is 12.4. The number of amides is 1. The number of carbonyl (C=O) groups excluding carboxylic acids is 2. The van der Waals surface area contributed by atoms with Gasteiger partial charge in [-0.2, -0.15) is 0 Å². The highest BCUT2D eigenvalue weighted by atomic mass is 35.5. The number of benzene rings is 1. The molecule has 2 heterocycles. The Morgan fingerprint density at radius 3 is 2.34 bits per heavy atom. The van der Waals surface area contributed by atoms with Crippen molar-refractivity contribution < 1.29 is 22.7 Å². The standard InChI is InChI=1S/C19H26ClN3O5S/c1-29(26,27)23-7-5-15(6-8-23)19(25)28-14-18(24)22-11-9-21(10-12-22)17-4-2-3-16(20)13-17/h2-4,13,15H,5-12,14H2,1H3. The first-order valence-corrected chi connectivity index (χ1v) is 11.9. The summed E-state index contributed by atoms with van der Waals surface area (Å²) in [4.78, 5) is 28.5. The zero-order valence-electron chi connectivity index (χ0n) is 16.4. The molecular weight excluding hydrogens is 418 g/mol. The first-order valence-electron chi connectivity index (χ1n) is 9.64. The summed E-state index contributed by atoms with van der Waals surface area (Å²) in [5.41, 5.74) is 1.02. The number of hydrogen-bond donors (Lipinski definition) is 0. The van der Waals surface area contributed by atoms with E-state index >= 15 is 0 Å². The fourth-order valence-electron chi connectivity index (χ4n) is 3.65. The Bertz CT molecular complexity index is 847. The van der Waals surface area contributed by atoms with E-state index in [1.54, 1.807) is 4.90 Å². The average Bonchev–Trinajstić information content (AvgIpc) is 2.71. The summed E-state index contributed by atoms with van der Waals surface area (Å²) < 4.78 is 29.6. The van der Waals surface area contributed by atoms with Gasteiger partial charge in [0.2, 0.25) is 10.0 Å². The summed E-state index contributed by atoms with van der Waals surface area (Å²) in [6.45, 7) is 2.80. The Balaban J connectivity index is 1.41. The van der Waals surface area contributed by atoms with Crippen molar-refractivity contribution in [3.63, 3.8) is 0 Å². The molecule has 1 aromatic carbocycles. The molecule has 8 nitrogen and oxygen atoms in total. The lowest BCUT2D eigenvalue weighted by molar-refractivity contribution is -0.156. The SMILES string of the molecule is CS(=O)(=O)N1CCC(C(=O)OCC(=O)N2CCN(c3cccc(Cl)c3)CC2)CC1. The fourth-order valence-corrected chi connectivity index (χ4v) is 4.71. The number of carbonyl (C=O) groups is 2. The monoisotopic (exact) mass is 443 g/mol. The summed E-state index contributed by atoms with van der Waals surface area (Å²) in [6, 6.07) is 7.61. The number of piperidine rings is 1. The fraction of sp³-hybridized carbons (Fsp3) is 0.579. The lowest BCUT2D eigenvalue weighted by Gasteiger charge is -2.36. The molecule has 0 aromatic heterocycles.